The minimum Gasteiger partial charge on any atom is -0.336 e. The van der Waals surface area contributed by atoms with Gasteiger partial charge in [-0.1, -0.05) is 6.07 Å². The van der Waals surface area contributed by atoms with Crippen LogP contribution in [-0.4, -0.2) is 56.8 Å². The van der Waals surface area contributed by atoms with Gasteiger partial charge in [-0.3, -0.25) is 14.7 Å². The fourth-order valence-electron chi connectivity index (χ4n) is 3.04. The van der Waals surface area contributed by atoms with Crippen molar-refractivity contribution >= 4 is 5.91 Å². The van der Waals surface area contributed by atoms with Gasteiger partial charge in [0.05, 0.1) is 5.69 Å². The van der Waals surface area contributed by atoms with Crippen LogP contribution in [0.4, 0.5) is 0 Å². The van der Waals surface area contributed by atoms with Gasteiger partial charge in [-0.25, -0.2) is 9.97 Å². The molecule has 0 saturated carbocycles. The van der Waals surface area contributed by atoms with Gasteiger partial charge < -0.3 is 4.90 Å². The molecule has 0 N–H and O–H groups in total. The Morgan fingerprint density at radius 1 is 1.12 bits per heavy atom. The highest BCUT2D eigenvalue weighted by atomic mass is 16.2. The Balaban J connectivity index is 1.63. The molecule has 0 bridgehead atoms. The second kappa shape index (κ2) is 7.49. The zero-order chi connectivity index (χ0) is 16.9. The molecule has 0 aromatic carbocycles. The molecule has 0 radical (unpaired) electrons. The molecular weight excluding hydrogens is 302 g/mol. The third kappa shape index (κ3) is 4.14. The van der Waals surface area contributed by atoms with E-state index in [1.54, 1.807) is 6.07 Å². The lowest BCUT2D eigenvalue weighted by Gasteiger charge is -2.21. The summed E-state index contributed by atoms with van der Waals surface area (Å²) in [6, 6.07) is 7.75. The summed E-state index contributed by atoms with van der Waals surface area (Å²) in [5.74, 6) is 0.647. The van der Waals surface area contributed by atoms with Crippen LogP contribution in [-0.2, 0) is 6.54 Å². The highest BCUT2D eigenvalue weighted by Crippen LogP contribution is 2.11. The predicted octanol–water partition coefficient (Wildman–Crippen LogP) is 1.84. The van der Waals surface area contributed by atoms with Gasteiger partial charge in [-0.15, -0.1) is 0 Å². The van der Waals surface area contributed by atoms with E-state index in [4.69, 9.17) is 0 Å². The van der Waals surface area contributed by atoms with Crippen molar-refractivity contribution in [1.82, 2.24) is 24.8 Å². The Kier molecular flexibility index (Phi) is 5.15. The highest BCUT2D eigenvalue weighted by molar-refractivity contribution is 5.92. The molecule has 3 heterocycles. The van der Waals surface area contributed by atoms with E-state index in [-0.39, 0.29) is 5.91 Å². The second-order valence-electron chi connectivity index (χ2n) is 6.18. The van der Waals surface area contributed by atoms with Crippen LogP contribution >= 0.6 is 0 Å². The molecule has 3 rings (SSSR count). The maximum atomic E-state index is 12.7. The van der Waals surface area contributed by atoms with Crippen molar-refractivity contribution in [2.24, 2.45) is 0 Å². The van der Waals surface area contributed by atoms with Crippen molar-refractivity contribution < 1.29 is 4.79 Å². The maximum Gasteiger partial charge on any atom is 0.272 e. The van der Waals surface area contributed by atoms with Crippen molar-refractivity contribution in [2.75, 3.05) is 26.2 Å². The molecular formula is C18H23N5O. The van der Waals surface area contributed by atoms with E-state index in [2.05, 4.69) is 19.9 Å². The van der Waals surface area contributed by atoms with E-state index < -0.39 is 0 Å². The molecule has 1 aliphatic rings. The van der Waals surface area contributed by atoms with Gasteiger partial charge in [-0.05, 0) is 38.5 Å². The Morgan fingerprint density at radius 2 is 2.00 bits per heavy atom. The molecule has 1 amide bonds. The van der Waals surface area contributed by atoms with Crippen molar-refractivity contribution in [1.29, 1.82) is 0 Å². The molecule has 0 atom stereocenters. The van der Waals surface area contributed by atoms with Gasteiger partial charge >= 0.3 is 0 Å². The van der Waals surface area contributed by atoms with Crippen LogP contribution in [0, 0.1) is 13.8 Å². The largest absolute Gasteiger partial charge is 0.336 e. The molecule has 1 fully saturated rings. The average molecular weight is 325 g/mol. The van der Waals surface area contributed by atoms with Crippen LogP contribution in [0.25, 0.3) is 0 Å². The first-order valence-electron chi connectivity index (χ1n) is 8.35. The van der Waals surface area contributed by atoms with Gasteiger partial charge in [0.2, 0.25) is 0 Å². The first-order valence-corrected chi connectivity index (χ1v) is 8.35. The summed E-state index contributed by atoms with van der Waals surface area (Å²) in [6.45, 7) is 7.85. The summed E-state index contributed by atoms with van der Waals surface area (Å²) in [4.78, 5) is 29.9. The smallest absolute Gasteiger partial charge is 0.272 e. The van der Waals surface area contributed by atoms with Gasteiger partial charge in [0.25, 0.3) is 5.91 Å². The van der Waals surface area contributed by atoms with Crippen molar-refractivity contribution in [3.8, 4) is 0 Å². The number of hydrogen-bond acceptors (Lipinski definition) is 5. The van der Waals surface area contributed by atoms with Crippen LogP contribution in [0.2, 0.25) is 0 Å². The Labute approximate surface area is 142 Å². The Bertz CT molecular complexity index is 684. The number of aromatic nitrogens is 3. The van der Waals surface area contributed by atoms with Crippen LogP contribution in [0.3, 0.4) is 0 Å². The van der Waals surface area contributed by atoms with Gasteiger partial charge in [0.15, 0.2) is 0 Å². The number of aryl methyl sites for hydroxylation is 2. The SMILES string of the molecule is Cc1cc(C(=O)N2CCCN(Cc3ccccn3)CC2)nc(C)n1. The monoisotopic (exact) mass is 325 g/mol. The summed E-state index contributed by atoms with van der Waals surface area (Å²) < 4.78 is 0. The maximum absolute atomic E-state index is 12.7. The molecule has 6 nitrogen and oxygen atoms in total. The number of carbonyl (C=O) groups excluding carboxylic acids is 1. The summed E-state index contributed by atoms with van der Waals surface area (Å²) in [7, 11) is 0. The topological polar surface area (TPSA) is 62.2 Å². The number of carbonyl (C=O) groups is 1. The van der Waals surface area contributed by atoms with Crippen LogP contribution < -0.4 is 0 Å². The Hall–Kier alpha value is -2.34. The summed E-state index contributed by atoms with van der Waals surface area (Å²) in [5, 5.41) is 0. The normalized spacial score (nSPS) is 16.0. The number of pyridine rings is 1. The van der Waals surface area contributed by atoms with Crippen molar-refractivity contribution in [2.45, 2.75) is 26.8 Å². The van der Waals surface area contributed by atoms with Crippen LogP contribution in [0.5, 0.6) is 0 Å². The molecule has 0 unspecified atom stereocenters. The molecule has 1 aliphatic heterocycles. The minimum absolute atomic E-state index is 0.00304. The quantitative estimate of drug-likeness (QED) is 0.861. The first kappa shape index (κ1) is 16.5. The summed E-state index contributed by atoms with van der Waals surface area (Å²) in [5.41, 5.74) is 2.40. The van der Waals surface area contributed by atoms with Gasteiger partial charge in [-0.2, -0.15) is 0 Å². The van der Waals surface area contributed by atoms with Crippen molar-refractivity contribution in [3.63, 3.8) is 0 Å². The third-order valence-corrected chi connectivity index (χ3v) is 4.17. The zero-order valence-electron chi connectivity index (χ0n) is 14.3. The third-order valence-electron chi connectivity index (χ3n) is 4.17. The van der Waals surface area contributed by atoms with E-state index in [0.29, 0.717) is 18.1 Å². The number of nitrogens with zero attached hydrogens (tertiary/aromatic N) is 5. The second-order valence-corrected chi connectivity index (χ2v) is 6.18. The molecule has 6 heteroatoms. The molecule has 2 aromatic rings. The summed E-state index contributed by atoms with van der Waals surface area (Å²) >= 11 is 0. The number of rotatable bonds is 3. The molecule has 24 heavy (non-hydrogen) atoms. The number of hydrogen-bond donors (Lipinski definition) is 0. The molecule has 2 aromatic heterocycles. The molecule has 126 valence electrons. The molecule has 0 aliphatic carbocycles. The lowest BCUT2D eigenvalue weighted by molar-refractivity contribution is 0.0754. The Morgan fingerprint density at radius 3 is 2.75 bits per heavy atom. The predicted molar refractivity (Wildman–Crippen MR) is 91.5 cm³/mol. The number of amides is 1. The van der Waals surface area contributed by atoms with E-state index in [0.717, 1.165) is 44.0 Å². The standard InChI is InChI=1S/C18H23N5O/c1-14-12-17(21-15(2)20-14)18(24)23-9-5-8-22(10-11-23)13-16-6-3-4-7-19-16/h3-4,6-7,12H,5,8-11,13H2,1-2H3. The van der Waals surface area contributed by atoms with Gasteiger partial charge in [0, 0.05) is 44.6 Å². The molecule has 0 spiro atoms. The van der Waals surface area contributed by atoms with E-state index in [1.165, 1.54) is 0 Å². The lowest BCUT2D eigenvalue weighted by atomic mass is 10.2. The van der Waals surface area contributed by atoms with Crippen molar-refractivity contribution in [3.05, 3.63) is 53.4 Å². The van der Waals surface area contributed by atoms with E-state index >= 15 is 0 Å². The average Bonchev–Trinajstić information content (AvgIpc) is 2.80. The van der Waals surface area contributed by atoms with Crippen LogP contribution in [0.15, 0.2) is 30.5 Å². The lowest BCUT2D eigenvalue weighted by Crippen LogP contribution is -2.35. The fourth-order valence-corrected chi connectivity index (χ4v) is 3.04. The molecule has 1 saturated heterocycles. The van der Waals surface area contributed by atoms with E-state index in [1.807, 2.05) is 43.1 Å². The summed E-state index contributed by atoms with van der Waals surface area (Å²) in [6.07, 6.45) is 2.78. The van der Waals surface area contributed by atoms with Gasteiger partial charge in [0.1, 0.15) is 11.5 Å². The van der Waals surface area contributed by atoms with E-state index in [9.17, 15) is 4.79 Å². The zero-order valence-corrected chi connectivity index (χ0v) is 14.3. The minimum atomic E-state index is 0.00304. The van der Waals surface area contributed by atoms with Crippen LogP contribution in [0.1, 0.15) is 34.1 Å². The fraction of sp³-hybridized carbons (Fsp3) is 0.444. The highest BCUT2D eigenvalue weighted by Gasteiger charge is 2.22. The first-order chi connectivity index (χ1) is 11.6.